The first-order valence-corrected chi connectivity index (χ1v) is 8.46. The van der Waals surface area contributed by atoms with Gasteiger partial charge in [-0.15, -0.1) is 0 Å². The molecule has 0 aromatic carbocycles. The normalized spacial score (nSPS) is 24.5. The zero-order chi connectivity index (χ0) is 15.9. The van der Waals surface area contributed by atoms with Crippen molar-refractivity contribution in [3.63, 3.8) is 0 Å². The minimum atomic E-state index is -0.955. The molecule has 126 valence electrons. The summed E-state index contributed by atoms with van der Waals surface area (Å²) in [6.07, 6.45) is 5.95. The number of carboxylic acid groups (broad SMARTS) is 1. The molecule has 2 aliphatic rings. The second-order valence-corrected chi connectivity index (χ2v) is 6.42. The molecule has 6 nitrogen and oxygen atoms in total. The summed E-state index contributed by atoms with van der Waals surface area (Å²) < 4.78 is 5.44. The van der Waals surface area contributed by atoms with Crippen molar-refractivity contribution >= 4 is 11.9 Å². The summed E-state index contributed by atoms with van der Waals surface area (Å²) >= 11 is 0. The Hall–Kier alpha value is -1.14. The molecule has 1 aliphatic carbocycles. The summed E-state index contributed by atoms with van der Waals surface area (Å²) in [5.74, 6) is -0.477. The van der Waals surface area contributed by atoms with Crippen LogP contribution < -0.4 is 5.32 Å². The highest BCUT2D eigenvalue weighted by molar-refractivity contribution is 5.87. The standard InChI is InChI=1S/C16H28N2O4/c1-2-3-7-13(16(20)21)17-15(19)14-11-22-9-8-18(14)10-12-5-4-6-12/h12-14H,2-11H2,1H3,(H,17,19)(H,20,21). The summed E-state index contributed by atoms with van der Waals surface area (Å²) in [5, 5.41) is 11.9. The Morgan fingerprint density at radius 1 is 1.41 bits per heavy atom. The average molecular weight is 312 g/mol. The monoisotopic (exact) mass is 312 g/mol. The van der Waals surface area contributed by atoms with Gasteiger partial charge in [0.2, 0.25) is 5.91 Å². The van der Waals surface area contributed by atoms with E-state index < -0.39 is 12.0 Å². The zero-order valence-corrected chi connectivity index (χ0v) is 13.4. The summed E-state index contributed by atoms with van der Waals surface area (Å²) in [5.41, 5.74) is 0. The van der Waals surface area contributed by atoms with E-state index in [1.165, 1.54) is 19.3 Å². The van der Waals surface area contributed by atoms with Gasteiger partial charge in [0.25, 0.3) is 0 Å². The van der Waals surface area contributed by atoms with Crippen LogP contribution in [0.1, 0.15) is 45.4 Å². The number of aliphatic carboxylic acids is 1. The number of nitrogens with one attached hydrogen (secondary N) is 1. The summed E-state index contributed by atoms with van der Waals surface area (Å²) in [7, 11) is 0. The van der Waals surface area contributed by atoms with Crippen LogP contribution in [0.2, 0.25) is 0 Å². The maximum Gasteiger partial charge on any atom is 0.326 e. The third-order valence-electron chi connectivity index (χ3n) is 4.72. The Labute approximate surface area is 132 Å². The maximum absolute atomic E-state index is 12.5. The number of carbonyl (C=O) groups is 2. The van der Waals surface area contributed by atoms with Gasteiger partial charge in [0.15, 0.2) is 0 Å². The van der Waals surface area contributed by atoms with Crippen molar-refractivity contribution in [3.8, 4) is 0 Å². The van der Waals surface area contributed by atoms with E-state index in [1.54, 1.807) is 0 Å². The van der Waals surface area contributed by atoms with E-state index in [0.717, 1.165) is 25.9 Å². The van der Waals surface area contributed by atoms with Crippen molar-refractivity contribution in [2.75, 3.05) is 26.3 Å². The Morgan fingerprint density at radius 3 is 2.77 bits per heavy atom. The summed E-state index contributed by atoms with van der Waals surface area (Å²) in [6, 6.07) is -1.14. The molecule has 1 aliphatic heterocycles. The number of rotatable bonds is 8. The number of morpholine rings is 1. The first kappa shape index (κ1) is 17.2. The smallest absolute Gasteiger partial charge is 0.326 e. The Bertz CT molecular complexity index is 384. The molecule has 6 heteroatoms. The van der Waals surface area contributed by atoms with E-state index >= 15 is 0 Å². The third kappa shape index (κ3) is 4.68. The maximum atomic E-state index is 12.5. The SMILES string of the molecule is CCCCC(NC(=O)C1COCCN1CC1CCC1)C(=O)O. The highest BCUT2D eigenvalue weighted by atomic mass is 16.5. The third-order valence-corrected chi connectivity index (χ3v) is 4.72. The molecular weight excluding hydrogens is 284 g/mol. The number of hydrogen-bond donors (Lipinski definition) is 2. The minimum absolute atomic E-state index is 0.206. The first-order valence-electron chi connectivity index (χ1n) is 8.46. The summed E-state index contributed by atoms with van der Waals surface area (Å²) in [4.78, 5) is 25.9. The fourth-order valence-electron chi connectivity index (χ4n) is 3.04. The molecule has 2 unspecified atom stereocenters. The number of hydrogen-bond acceptors (Lipinski definition) is 4. The number of amides is 1. The molecule has 1 saturated carbocycles. The van der Waals surface area contributed by atoms with Gasteiger partial charge in [-0.3, -0.25) is 9.69 Å². The van der Waals surface area contributed by atoms with Crippen LogP contribution in [0.5, 0.6) is 0 Å². The minimum Gasteiger partial charge on any atom is -0.480 e. The second kappa shape index (κ2) is 8.48. The highest BCUT2D eigenvalue weighted by Crippen LogP contribution is 2.28. The molecule has 22 heavy (non-hydrogen) atoms. The largest absolute Gasteiger partial charge is 0.480 e. The predicted molar refractivity (Wildman–Crippen MR) is 82.6 cm³/mol. The lowest BCUT2D eigenvalue weighted by Gasteiger charge is -2.39. The van der Waals surface area contributed by atoms with E-state index in [4.69, 9.17) is 4.74 Å². The molecule has 0 aromatic heterocycles. The van der Waals surface area contributed by atoms with Crippen LogP contribution >= 0.6 is 0 Å². The Balaban J connectivity index is 1.90. The van der Waals surface area contributed by atoms with Gasteiger partial charge in [-0.25, -0.2) is 4.79 Å². The molecule has 2 atom stereocenters. The lowest BCUT2D eigenvalue weighted by molar-refractivity contribution is -0.144. The number of carbonyl (C=O) groups excluding carboxylic acids is 1. The van der Waals surface area contributed by atoms with Crippen LogP contribution in [0.25, 0.3) is 0 Å². The van der Waals surface area contributed by atoms with Crippen molar-refractivity contribution in [3.05, 3.63) is 0 Å². The molecule has 1 amide bonds. The first-order chi connectivity index (χ1) is 10.6. The molecule has 0 bridgehead atoms. The lowest BCUT2D eigenvalue weighted by Crippen LogP contribution is -2.57. The molecule has 2 fully saturated rings. The topological polar surface area (TPSA) is 78.9 Å². The van der Waals surface area contributed by atoms with E-state index in [0.29, 0.717) is 25.6 Å². The van der Waals surface area contributed by atoms with Crippen LogP contribution in [0.15, 0.2) is 0 Å². The van der Waals surface area contributed by atoms with Gasteiger partial charge in [-0.2, -0.15) is 0 Å². The van der Waals surface area contributed by atoms with Gasteiger partial charge >= 0.3 is 5.97 Å². The van der Waals surface area contributed by atoms with Crippen LogP contribution in [0.4, 0.5) is 0 Å². The van der Waals surface area contributed by atoms with Gasteiger partial charge in [0.05, 0.1) is 13.2 Å². The molecule has 1 saturated heterocycles. The molecule has 0 aromatic rings. The van der Waals surface area contributed by atoms with Gasteiger partial charge in [0, 0.05) is 13.1 Å². The number of nitrogens with zero attached hydrogens (tertiary/aromatic N) is 1. The predicted octanol–water partition coefficient (Wildman–Crippen LogP) is 1.25. The van der Waals surface area contributed by atoms with Crippen LogP contribution in [-0.2, 0) is 14.3 Å². The van der Waals surface area contributed by atoms with Gasteiger partial charge < -0.3 is 15.2 Å². The van der Waals surface area contributed by atoms with Crippen molar-refractivity contribution in [2.45, 2.75) is 57.5 Å². The Kier molecular flexibility index (Phi) is 6.64. The fourth-order valence-corrected chi connectivity index (χ4v) is 3.04. The van der Waals surface area contributed by atoms with Crippen molar-refractivity contribution in [1.29, 1.82) is 0 Å². The van der Waals surface area contributed by atoms with Crippen molar-refractivity contribution in [2.24, 2.45) is 5.92 Å². The highest BCUT2D eigenvalue weighted by Gasteiger charge is 2.34. The quantitative estimate of drug-likeness (QED) is 0.705. The van der Waals surface area contributed by atoms with Crippen LogP contribution in [0, 0.1) is 5.92 Å². The molecule has 1 heterocycles. The zero-order valence-electron chi connectivity index (χ0n) is 13.4. The molecule has 0 spiro atoms. The molecule has 2 N–H and O–H groups in total. The number of ether oxygens (including phenoxy) is 1. The summed E-state index contributed by atoms with van der Waals surface area (Å²) in [6.45, 7) is 4.69. The van der Waals surface area contributed by atoms with E-state index in [2.05, 4.69) is 10.2 Å². The van der Waals surface area contributed by atoms with Gasteiger partial charge in [0.1, 0.15) is 12.1 Å². The molecule has 0 radical (unpaired) electrons. The average Bonchev–Trinajstić information content (AvgIpc) is 2.47. The lowest BCUT2D eigenvalue weighted by atomic mass is 9.84. The molecule has 2 rings (SSSR count). The van der Waals surface area contributed by atoms with E-state index in [-0.39, 0.29) is 11.9 Å². The fraction of sp³-hybridized carbons (Fsp3) is 0.875. The van der Waals surface area contributed by atoms with Gasteiger partial charge in [-0.1, -0.05) is 26.2 Å². The van der Waals surface area contributed by atoms with Crippen molar-refractivity contribution in [1.82, 2.24) is 10.2 Å². The van der Waals surface area contributed by atoms with Crippen LogP contribution in [0.3, 0.4) is 0 Å². The number of unbranched alkanes of at least 4 members (excludes halogenated alkanes) is 1. The molecular formula is C16H28N2O4. The van der Waals surface area contributed by atoms with E-state index in [9.17, 15) is 14.7 Å². The van der Waals surface area contributed by atoms with Gasteiger partial charge in [-0.05, 0) is 25.2 Å². The van der Waals surface area contributed by atoms with Crippen LogP contribution in [-0.4, -0.2) is 60.3 Å². The van der Waals surface area contributed by atoms with E-state index in [1.807, 2.05) is 6.92 Å². The van der Waals surface area contributed by atoms with Crippen molar-refractivity contribution < 1.29 is 19.4 Å². The second-order valence-electron chi connectivity index (χ2n) is 6.42. The number of carboxylic acids is 1. The Morgan fingerprint density at radius 2 is 2.18 bits per heavy atom.